The van der Waals surface area contributed by atoms with Crippen LogP contribution in [-0.2, 0) is 10.0 Å². The first-order chi connectivity index (χ1) is 13.0. The molecule has 2 aromatic carbocycles. The van der Waals surface area contributed by atoms with Gasteiger partial charge in [-0.25, -0.2) is 13.4 Å². The number of aromatic nitrogens is 1. The molecule has 0 unspecified atom stereocenters. The zero-order valence-corrected chi connectivity index (χ0v) is 15.4. The molecule has 0 bridgehead atoms. The van der Waals surface area contributed by atoms with Gasteiger partial charge in [0.25, 0.3) is 10.0 Å². The lowest BCUT2D eigenvalue weighted by molar-refractivity contribution is 0.596. The molecule has 5 heteroatoms. The molecule has 3 aromatic rings. The Labute approximate surface area is 159 Å². The Morgan fingerprint density at radius 2 is 1.63 bits per heavy atom. The minimum absolute atomic E-state index is 0.124. The monoisotopic (exact) mass is 372 g/mol. The molecule has 1 heterocycles. The van der Waals surface area contributed by atoms with Crippen molar-refractivity contribution in [2.45, 2.75) is 11.8 Å². The van der Waals surface area contributed by atoms with Crippen LogP contribution in [0, 0.1) is 31.2 Å². The van der Waals surface area contributed by atoms with Crippen molar-refractivity contribution in [1.29, 1.82) is 0 Å². The SMILES string of the molecule is C#CN(c1ccccc1C#Cc1ccccn1)S(=O)(=O)c1ccc(C)cc1. The van der Waals surface area contributed by atoms with Gasteiger partial charge in [0.2, 0.25) is 0 Å². The van der Waals surface area contributed by atoms with Crippen molar-refractivity contribution in [3.05, 3.63) is 89.7 Å². The number of nitrogens with zero attached hydrogens (tertiary/aromatic N) is 2. The van der Waals surface area contributed by atoms with Crippen molar-refractivity contribution in [2.75, 3.05) is 4.31 Å². The first-order valence-corrected chi connectivity index (χ1v) is 9.57. The van der Waals surface area contributed by atoms with Crippen LogP contribution in [0.3, 0.4) is 0 Å². The topological polar surface area (TPSA) is 50.3 Å². The highest BCUT2D eigenvalue weighted by Crippen LogP contribution is 2.26. The summed E-state index contributed by atoms with van der Waals surface area (Å²) in [5.41, 5.74) is 2.37. The van der Waals surface area contributed by atoms with E-state index in [0.29, 0.717) is 16.9 Å². The fourth-order valence-corrected chi connectivity index (χ4v) is 3.66. The average Bonchev–Trinajstić information content (AvgIpc) is 2.69. The van der Waals surface area contributed by atoms with Crippen LogP contribution in [0.25, 0.3) is 0 Å². The molecule has 0 radical (unpaired) electrons. The molecule has 0 spiro atoms. The maximum Gasteiger partial charge on any atom is 0.275 e. The van der Waals surface area contributed by atoms with Crippen LogP contribution in [0.4, 0.5) is 5.69 Å². The van der Waals surface area contributed by atoms with E-state index in [-0.39, 0.29) is 4.90 Å². The second kappa shape index (κ2) is 7.78. The standard InChI is InChI=1S/C22H16N2O2S/c1-3-24(27(25,26)21-15-11-18(2)12-16-21)22-10-5-4-8-19(22)13-14-20-9-6-7-17-23-20/h1,4-12,15-17H,2H3. The minimum Gasteiger partial charge on any atom is -0.248 e. The van der Waals surface area contributed by atoms with Crippen molar-refractivity contribution in [1.82, 2.24) is 4.98 Å². The van der Waals surface area contributed by atoms with Gasteiger partial charge in [0.05, 0.1) is 16.1 Å². The van der Waals surface area contributed by atoms with Gasteiger partial charge < -0.3 is 0 Å². The lowest BCUT2D eigenvalue weighted by atomic mass is 10.2. The van der Waals surface area contributed by atoms with Crippen LogP contribution in [0.2, 0.25) is 0 Å². The highest BCUT2D eigenvalue weighted by molar-refractivity contribution is 7.93. The highest BCUT2D eigenvalue weighted by atomic mass is 32.2. The first kappa shape index (κ1) is 18.3. The number of aryl methyl sites for hydroxylation is 1. The minimum atomic E-state index is -3.91. The van der Waals surface area contributed by atoms with Crippen LogP contribution < -0.4 is 4.31 Å². The number of hydrogen-bond donors (Lipinski definition) is 0. The number of anilines is 1. The van der Waals surface area contributed by atoms with Gasteiger partial charge in [0.15, 0.2) is 0 Å². The molecule has 0 fully saturated rings. The Kier molecular flexibility index (Phi) is 5.26. The molecule has 132 valence electrons. The summed E-state index contributed by atoms with van der Waals surface area (Å²) in [6.07, 6.45) is 7.21. The van der Waals surface area contributed by atoms with Crippen LogP contribution >= 0.6 is 0 Å². The lowest BCUT2D eigenvalue weighted by Gasteiger charge is -2.19. The van der Waals surface area contributed by atoms with E-state index in [9.17, 15) is 8.42 Å². The van der Waals surface area contributed by atoms with E-state index in [2.05, 4.69) is 22.9 Å². The Balaban J connectivity index is 2.06. The number of rotatable bonds is 3. The van der Waals surface area contributed by atoms with E-state index in [0.717, 1.165) is 9.87 Å². The summed E-state index contributed by atoms with van der Waals surface area (Å²) in [5.74, 6) is 5.89. The molecule has 0 aliphatic heterocycles. The zero-order valence-electron chi connectivity index (χ0n) is 14.6. The Bertz CT molecular complexity index is 1150. The number of sulfonamides is 1. The second-order valence-corrected chi connectivity index (χ2v) is 7.48. The van der Waals surface area contributed by atoms with Crippen LogP contribution in [0.15, 0.2) is 77.8 Å². The molecule has 0 aliphatic carbocycles. The molecule has 0 aliphatic rings. The van der Waals surface area contributed by atoms with Crippen molar-refractivity contribution in [2.24, 2.45) is 0 Å². The zero-order chi connectivity index (χ0) is 19.3. The van der Waals surface area contributed by atoms with E-state index in [1.807, 2.05) is 13.0 Å². The number of terminal acetylenes is 1. The van der Waals surface area contributed by atoms with Gasteiger partial charge in [-0.1, -0.05) is 48.2 Å². The Morgan fingerprint density at radius 1 is 0.926 bits per heavy atom. The van der Waals surface area contributed by atoms with Crippen molar-refractivity contribution >= 4 is 15.7 Å². The predicted molar refractivity (Wildman–Crippen MR) is 106 cm³/mol. The molecule has 0 atom stereocenters. The van der Waals surface area contributed by atoms with Crippen molar-refractivity contribution < 1.29 is 8.42 Å². The maximum atomic E-state index is 13.0. The van der Waals surface area contributed by atoms with Crippen LogP contribution in [0.5, 0.6) is 0 Å². The number of pyridine rings is 1. The fraction of sp³-hybridized carbons (Fsp3) is 0.0455. The molecule has 4 nitrogen and oxygen atoms in total. The number of benzene rings is 2. The third kappa shape index (κ3) is 4.00. The fourth-order valence-electron chi connectivity index (χ4n) is 2.41. The van der Waals surface area contributed by atoms with Gasteiger partial charge in [-0.3, -0.25) is 0 Å². The molecule has 27 heavy (non-hydrogen) atoms. The van der Waals surface area contributed by atoms with Crippen molar-refractivity contribution in [3.63, 3.8) is 0 Å². The summed E-state index contributed by atoms with van der Waals surface area (Å²) in [6, 6.07) is 21.1. The van der Waals surface area contributed by atoms with E-state index in [1.54, 1.807) is 54.7 Å². The van der Waals surface area contributed by atoms with Gasteiger partial charge in [-0.15, -0.1) is 0 Å². The van der Waals surface area contributed by atoms with Gasteiger partial charge >= 0.3 is 0 Å². The summed E-state index contributed by atoms with van der Waals surface area (Å²) in [7, 11) is -3.91. The Hall–Kier alpha value is -3.54. The smallest absolute Gasteiger partial charge is 0.248 e. The molecular formula is C22H16N2O2S. The molecule has 1 aromatic heterocycles. The van der Waals surface area contributed by atoms with Gasteiger partial charge in [0.1, 0.15) is 5.69 Å². The number of hydrogen-bond acceptors (Lipinski definition) is 3. The van der Waals surface area contributed by atoms with E-state index < -0.39 is 10.0 Å². The maximum absolute atomic E-state index is 13.0. The summed E-state index contributed by atoms with van der Waals surface area (Å²) >= 11 is 0. The summed E-state index contributed by atoms with van der Waals surface area (Å²) in [4.78, 5) is 4.27. The average molecular weight is 372 g/mol. The van der Waals surface area contributed by atoms with Crippen molar-refractivity contribution in [3.8, 4) is 24.3 Å². The lowest BCUT2D eigenvalue weighted by Crippen LogP contribution is -2.26. The molecule has 0 amide bonds. The van der Waals surface area contributed by atoms with E-state index >= 15 is 0 Å². The summed E-state index contributed by atoms with van der Waals surface area (Å²) < 4.78 is 27.0. The van der Waals surface area contributed by atoms with Gasteiger partial charge in [-0.05, 0) is 49.2 Å². The second-order valence-electron chi connectivity index (χ2n) is 5.69. The van der Waals surface area contributed by atoms with Gasteiger partial charge in [0, 0.05) is 12.2 Å². The van der Waals surface area contributed by atoms with Crippen LogP contribution in [0.1, 0.15) is 16.8 Å². The normalized spacial score (nSPS) is 10.4. The number of para-hydroxylation sites is 1. The molecule has 0 N–H and O–H groups in total. The van der Waals surface area contributed by atoms with Crippen LogP contribution in [-0.4, -0.2) is 13.4 Å². The largest absolute Gasteiger partial charge is 0.275 e. The third-order valence-electron chi connectivity index (χ3n) is 3.79. The predicted octanol–water partition coefficient (Wildman–Crippen LogP) is 3.58. The Morgan fingerprint density at radius 3 is 2.30 bits per heavy atom. The molecule has 0 saturated carbocycles. The summed E-state index contributed by atoms with van der Waals surface area (Å²) in [5, 5.41) is 0. The quantitative estimate of drug-likeness (QED) is 0.522. The van der Waals surface area contributed by atoms with E-state index in [4.69, 9.17) is 6.42 Å². The van der Waals surface area contributed by atoms with Gasteiger partial charge in [-0.2, -0.15) is 4.31 Å². The molecule has 0 saturated heterocycles. The first-order valence-electron chi connectivity index (χ1n) is 8.13. The highest BCUT2D eigenvalue weighted by Gasteiger charge is 2.25. The van der Waals surface area contributed by atoms with E-state index in [1.165, 1.54) is 12.1 Å². The summed E-state index contributed by atoms with van der Waals surface area (Å²) in [6.45, 7) is 1.89. The molecular weight excluding hydrogens is 356 g/mol. The molecule has 3 rings (SSSR count). The third-order valence-corrected chi connectivity index (χ3v) is 5.44.